The van der Waals surface area contributed by atoms with Gasteiger partial charge in [-0.1, -0.05) is 46.7 Å². The number of fused-ring (bicyclic) bond motifs is 1. The number of thiazole rings is 1. The standard InChI is InChI=1S/C25H18ClN3O3S/c1-13-5-6-14(2)17(10-13)22(30)20-21(15-4-3-9-27-12-15)29(24(32)23(20)31)25-28-18-8-7-16(26)11-19(18)33-25/h3-12,21,30H,1-2H3/b22-20+. The van der Waals surface area contributed by atoms with E-state index in [-0.39, 0.29) is 11.3 Å². The summed E-state index contributed by atoms with van der Waals surface area (Å²) < 4.78 is 0.791. The van der Waals surface area contributed by atoms with Crippen LogP contribution in [-0.2, 0) is 9.59 Å². The number of Topliss-reactive ketones (excluding diaryl/α,β-unsaturated/α-hetero) is 1. The number of aromatic nitrogens is 2. The van der Waals surface area contributed by atoms with Crippen molar-refractivity contribution in [3.63, 3.8) is 0 Å². The molecule has 1 amide bonds. The molecule has 0 spiro atoms. The van der Waals surface area contributed by atoms with E-state index in [0.29, 0.717) is 26.8 Å². The lowest BCUT2D eigenvalue weighted by atomic mass is 9.94. The molecule has 1 aliphatic rings. The molecule has 33 heavy (non-hydrogen) atoms. The molecule has 1 saturated heterocycles. The maximum atomic E-state index is 13.3. The highest BCUT2D eigenvalue weighted by Crippen LogP contribution is 2.44. The highest BCUT2D eigenvalue weighted by molar-refractivity contribution is 7.22. The van der Waals surface area contributed by atoms with Crippen molar-refractivity contribution in [1.29, 1.82) is 0 Å². The van der Waals surface area contributed by atoms with Crippen molar-refractivity contribution in [3.8, 4) is 0 Å². The third-order valence-electron chi connectivity index (χ3n) is 5.64. The molecule has 164 valence electrons. The van der Waals surface area contributed by atoms with E-state index in [1.807, 2.05) is 26.0 Å². The molecule has 5 rings (SSSR count). The van der Waals surface area contributed by atoms with Crippen molar-refractivity contribution in [2.45, 2.75) is 19.9 Å². The van der Waals surface area contributed by atoms with Crippen molar-refractivity contribution in [3.05, 3.63) is 93.8 Å². The zero-order valence-corrected chi connectivity index (χ0v) is 19.3. The second kappa shape index (κ2) is 8.10. The molecule has 1 N–H and O–H groups in total. The van der Waals surface area contributed by atoms with Gasteiger partial charge in [-0.15, -0.1) is 0 Å². The largest absolute Gasteiger partial charge is 0.507 e. The Kier molecular flexibility index (Phi) is 5.23. The molecular weight excluding hydrogens is 458 g/mol. The van der Waals surface area contributed by atoms with Crippen LogP contribution in [0.5, 0.6) is 0 Å². The minimum Gasteiger partial charge on any atom is -0.507 e. The Bertz CT molecular complexity index is 1460. The van der Waals surface area contributed by atoms with Crippen LogP contribution in [0.3, 0.4) is 0 Å². The number of aryl methyl sites for hydroxylation is 2. The van der Waals surface area contributed by atoms with Gasteiger partial charge in [-0.3, -0.25) is 19.5 Å². The van der Waals surface area contributed by atoms with Gasteiger partial charge in [0.05, 0.1) is 21.8 Å². The van der Waals surface area contributed by atoms with Crippen LogP contribution in [0.4, 0.5) is 5.13 Å². The number of carbonyl (C=O) groups is 2. The molecule has 1 unspecified atom stereocenters. The lowest BCUT2D eigenvalue weighted by Gasteiger charge is -2.22. The third kappa shape index (κ3) is 3.59. The van der Waals surface area contributed by atoms with E-state index in [9.17, 15) is 14.7 Å². The highest BCUT2D eigenvalue weighted by Gasteiger charge is 2.48. The van der Waals surface area contributed by atoms with Gasteiger partial charge in [-0.25, -0.2) is 4.98 Å². The molecule has 0 radical (unpaired) electrons. The van der Waals surface area contributed by atoms with Gasteiger partial charge in [0.2, 0.25) is 0 Å². The van der Waals surface area contributed by atoms with Gasteiger partial charge in [0, 0.05) is 23.0 Å². The number of carbonyl (C=O) groups excluding carboxylic acids is 2. The van der Waals surface area contributed by atoms with Crippen LogP contribution in [0.2, 0.25) is 5.02 Å². The van der Waals surface area contributed by atoms with Crippen LogP contribution in [0, 0.1) is 13.8 Å². The number of pyridine rings is 1. The smallest absolute Gasteiger partial charge is 0.301 e. The number of benzene rings is 2. The van der Waals surface area contributed by atoms with E-state index in [1.165, 1.54) is 16.2 Å². The second-order valence-corrected chi connectivity index (χ2v) is 9.33. The molecule has 3 heterocycles. The maximum Gasteiger partial charge on any atom is 0.301 e. The zero-order valence-electron chi connectivity index (χ0n) is 17.7. The predicted molar refractivity (Wildman–Crippen MR) is 130 cm³/mol. The highest BCUT2D eigenvalue weighted by atomic mass is 35.5. The van der Waals surface area contributed by atoms with Gasteiger partial charge in [-0.05, 0) is 55.3 Å². The van der Waals surface area contributed by atoms with E-state index < -0.39 is 17.7 Å². The summed E-state index contributed by atoms with van der Waals surface area (Å²) in [5.74, 6) is -1.73. The Morgan fingerprint density at radius 2 is 1.94 bits per heavy atom. The number of amides is 1. The SMILES string of the molecule is Cc1ccc(C)c(/C(O)=C2\C(=O)C(=O)N(c3nc4ccc(Cl)cc4s3)C2c2cccnc2)c1. The van der Waals surface area contributed by atoms with Gasteiger partial charge in [0.15, 0.2) is 5.13 Å². The molecule has 2 aromatic carbocycles. The number of rotatable bonds is 3. The van der Waals surface area contributed by atoms with E-state index in [2.05, 4.69) is 9.97 Å². The number of aliphatic hydroxyl groups excluding tert-OH is 1. The zero-order chi connectivity index (χ0) is 23.3. The first-order valence-electron chi connectivity index (χ1n) is 10.2. The molecule has 8 heteroatoms. The van der Waals surface area contributed by atoms with Crippen molar-refractivity contribution < 1.29 is 14.7 Å². The van der Waals surface area contributed by atoms with E-state index in [1.54, 1.807) is 48.8 Å². The van der Waals surface area contributed by atoms with Crippen LogP contribution in [0.25, 0.3) is 16.0 Å². The second-order valence-electron chi connectivity index (χ2n) is 7.88. The van der Waals surface area contributed by atoms with E-state index in [4.69, 9.17) is 11.6 Å². The molecule has 1 aliphatic heterocycles. The maximum absolute atomic E-state index is 13.3. The number of hydrogen-bond donors (Lipinski definition) is 1. The summed E-state index contributed by atoms with van der Waals surface area (Å²) in [6.07, 6.45) is 3.20. The predicted octanol–water partition coefficient (Wildman–Crippen LogP) is 5.59. The van der Waals surface area contributed by atoms with Gasteiger partial charge in [-0.2, -0.15) is 0 Å². The first-order chi connectivity index (χ1) is 15.8. The van der Waals surface area contributed by atoms with Crippen LogP contribution < -0.4 is 4.90 Å². The van der Waals surface area contributed by atoms with E-state index >= 15 is 0 Å². The summed E-state index contributed by atoms with van der Waals surface area (Å²) >= 11 is 7.38. The number of halogens is 1. The summed E-state index contributed by atoms with van der Waals surface area (Å²) in [5, 5.41) is 12.2. The number of hydrogen-bond acceptors (Lipinski definition) is 6. The van der Waals surface area contributed by atoms with Gasteiger partial charge in [0.1, 0.15) is 5.76 Å². The lowest BCUT2D eigenvalue weighted by Crippen LogP contribution is -2.29. The number of aliphatic hydroxyl groups is 1. The summed E-state index contributed by atoms with van der Waals surface area (Å²) in [6, 6.07) is 13.5. The third-order valence-corrected chi connectivity index (χ3v) is 6.89. The van der Waals surface area contributed by atoms with E-state index in [0.717, 1.165) is 15.8 Å². The monoisotopic (exact) mass is 475 g/mol. The minimum atomic E-state index is -0.866. The molecule has 0 aliphatic carbocycles. The van der Waals surface area contributed by atoms with Gasteiger partial charge in [0.25, 0.3) is 5.78 Å². The Balaban J connectivity index is 1.75. The molecular formula is C25H18ClN3O3S. The van der Waals surface area contributed by atoms with Crippen LogP contribution in [0.1, 0.15) is 28.3 Å². The summed E-state index contributed by atoms with van der Waals surface area (Å²) in [6.45, 7) is 3.75. The average Bonchev–Trinajstić information content (AvgIpc) is 3.33. The number of nitrogens with zero attached hydrogens (tertiary/aromatic N) is 3. The summed E-state index contributed by atoms with van der Waals surface area (Å²) in [4.78, 5) is 36.7. The molecule has 2 aromatic heterocycles. The summed E-state index contributed by atoms with van der Waals surface area (Å²) in [7, 11) is 0. The van der Waals surface area contributed by atoms with Crippen LogP contribution in [-0.4, -0.2) is 26.8 Å². The molecule has 1 atom stereocenters. The van der Waals surface area contributed by atoms with Crippen molar-refractivity contribution in [2.24, 2.45) is 0 Å². The van der Waals surface area contributed by atoms with Crippen LogP contribution in [0.15, 0.2) is 66.5 Å². The molecule has 1 fully saturated rings. The van der Waals surface area contributed by atoms with Crippen LogP contribution >= 0.6 is 22.9 Å². The fraction of sp³-hybridized carbons (Fsp3) is 0.120. The molecule has 0 bridgehead atoms. The Morgan fingerprint density at radius 1 is 1.12 bits per heavy atom. The van der Waals surface area contributed by atoms with Crippen molar-refractivity contribution in [2.75, 3.05) is 4.90 Å². The fourth-order valence-corrected chi connectivity index (χ4v) is 5.28. The number of anilines is 1. The molecule has 0 saturated carbocycles. The normalized spacial score (nSPS) is 17.8. The fourth-order valence-electron chi connectivity index (χ4n) is 4.01. The van der Waals surface area contributed by atoms with Crippen molar-refractivity contribution >= 4 is 55.7 Å². The summed E-state index contributed by atoms with van der Waals surface area (Å²) in [5.41, 5.74) is 3.51. The Hall–Kier alpha value is -3.55. The van der Waals surface area contributed by atoms with Crippen molar-refractivity contribution in [1.82, 2.24) is 9.97 Å². The topological polar surface area (TPSA) is 83.4 Å². The Labute approximate surface area is 198 Å². The quantitative estimate of drug-likeness (QED) is 0.237. The van der Waals surface area contributed by atoms with Gasteiger partial charge < -0.3 is 5.11 Å². The minimum absolute atomic E-state index is 0.0130. The lowest BCUT2D eigenvalue weighted by molar-refractivity contribution is -0.132. The molecule has 6 nitrogen and oxygen atoms in total. The van der Waals surface area contributed by atoms with Gasteiger partial charge >= 0.3 is 5.91 Å². The first-order valence-corrected chi connectivity index (χ1v) is 11.4. The first kappa shape index (κ1) is 21.3. The average molecular weight is 476 g/mol. The number of ketones is 1. The Morgan fingerprint density at radius 3 is 2.70 bits per heavy atom. The molecule has 4 aromatic rings.